The lowest BCUT2D eigenvalue weighted by molar-refractivity contribution is 0.0993. The molecule has 1 aliphatic rings. The number of hydrogen-bond acceptors (Lipinski definition) is 5. The molecule has 0 fully saturated rings. The van der Waals surface area contributed by atoms with E-state index in [0.29, 0.717) is 6.42 Å². The third-order valence-corrected chi connectivity index (χ3v) is 5.31. The number of fused-ring (bicyclic) bond motifs is 1. The standard InChI is InChI=1S/C12H13N3OS2/c1-15-12(13-7-14-15)5-9(16)11-4-8-6-17-3-2-10(8)18-11/h4,7H,2-3,5-6H2,1H3. The molecule has 0 atom stereocenters. The van der Waals surface area contributed by atoms with Crippen LogP contribution in [0.2, 0.25) is 0 Å². The van der Waals surface area contributed by atoms with Crippen molar-refractivity contribution >= 4 is 28.9 Å². The second-order valence-corrected chi connectivity index (χ2v) is 6.50. The topological polar surface area (TPSA) is 47.8 Å². The van der Waals surface area contributed by atoms with Gasteiger partial charge in [0.25, 0.3) is 0 Å². The highest BCUT2D eigenvalue weighted by Crippen LogP contribution is 2.32. The Labute approximate surface area is 113 Å². The molecule has 3 heterocycles. The lowest BCUT2D eigenvalue weighted by atomic mass is 10.2. The fourth-order valence-electron chi connectivity index (χ4n) is 2.00. The van der Waals surface area contributed by atoms with E-state index in [4.69, 9.17) is 0 Å². The number of carbonyl (C=O) groups excluding carboxylic acids is 1. The number of thioether (sulfide) groups is 1. The van der Waals surface area contributed by atoms with E-state index >= 15 is 0 Å². The SMILES string of the molecule is Cn1ncnc1CC(=O)c1cc2c(s1)CCSC2. The molecule has 18 heavy (non-hydrogen) atoms. The molecule has 0 saturated heterocycles. The molecule has 0 unspecified atom stereocenters. The average molecular weight is 279 g/mol. The number of carbonyl (C=O) groups is 1. The van der Waals surface area contributed by atoms with Crippen LogP contribution in [0.4, 0.5) is 0 Å². The normalized spacial score (nSPS) is 14.5. The van der Waals surface area contributed by atoms with Crippen LogP contribution in [0.15, 0.2) is 12.4 Å². The zero-order valence-corrected chi connectivity index (χ0v) is 11.7. The minimum atomic E-state index is 0.149. The zero-order valence-electron chi connectivity index (χ0n) is 10.0. The molecule has 0 amide bonds. The molecule has 6 heteroatoms. The molecule has 0 aliphatic carbocycles. The first-order valence-electron chi connectivity index (χ1n) is 5.79. The van der Waals surface area contributed by atoms with Gasteiger partial charge in [-0.3, -0.25) is 9.48 Å². The van der Waals surface area contributed by atoms with Gasteiger partial charge in [-0.1, -0.05) is 0 Å². The van der Waals surface area contributed by atoms with E-state index in [1.807, 2.05) is 18.8 Å². The highest BCUT2D eigenvalue weighted by molar-refractivity contribution is 7.98. The Balaban J connectivity index is 1.80. The van der Waals surface area contributed by atoms with Crippen molar-refractivity contribution in [2.75, 3.05) is 5.75 Å². The van der Waals surface area contributed by atoms with Crippen LogP contribution >= 0.6 is 23.1 Å². The molecule has 0 radical (unpaired) electrons. The number of aromatic nitrogens is 3. The van der Waals surface area contributed by atoms with Crippen molar-refractivity contribution in [1.82, 2.24) is 14.8 Å². The summed E-state index contributed by atoms with van der Waals surface area (Å²) in [6.45, 7) is 0. The number of nitrogens with zero attached hydrogens (tertiary/aromatic N) is 3. The van der Waals surface area contributed by atoms with Gasteiger partial charge in [0.15, 0.2) is 5.78 Å². The van der Waals surface area contributed by atoms with Crippen LogP contribution in [-0.4, -0.2) is 26.3 Å². The first kappa shape index (κ1) is 11.9. The Morgan fingerprint density at radius 2 is 2.44 bits per heavy atom. The summed E-state index contributed by atoms with van der Waals surface area (Å²) in [7, 11) is 1.81. The summed E-state index contributed by atoms with van der Waals surface area (Å²) < 4.78 is 1.65. The van der Waals surface area contributed by atoms with Gasteiger partial charge in [0, 0.05) is 17.7 Å². The first-order valence-corrected chi connectivity index (χ1v) is 7.76. The van der Waals surface area contributed by atoms with Gasteiger partial charge in [-0.05, 0) is 23.8 Å². The molecule has 0 spiro atoms. The molecular weight excluding hydrogens is 266 g/mol. The Morgan fingerprint density at radius 1 is 1.56 bits per heavy atom. The number of Topliss-reactive ketones (excluding diaryl/α,β-unsaturated/α-hetero) is 1. The summed E-state index contributed by atoms with van der Waals surface area (Å²) in [6, 6.07) is 2.06. The van der Waals surface area contributed by atoms with Crippen LogP contribution in [0.5, 0.6) is 0 Å². The van der Waals surface area contributed by atoms with E-state index in [1.165, 1.54) is 22.5 Å². The van der Waals surface area contributed by atoms with E-state index in [2.05, 4.69) is 16.1 Å². The lowest BCUT2D eigenvalue weighted by Crippen LogP contribution is -2.07. The first-order chi connectivity index (χ1) is 8.74. The van der Waals surface area contributed by atoms with E-state index in [1.54, 1.807) is 16.0 Å². The van der Waals surface area contributed by atoms with Crippen LogP contribution < -0.4 is 0 Å². The highest BCUT2D eigenvalue weighted by Gasteiger charge is 2.18. The van der Waals surface area contributed by atoms with Crippen LogP contribution in [0.3, 0.4) is 0 Å². The Kier molecular flexibility index (Phi) is 3.22. The van der Waals surface area contributed by atoms with Gasteiger partial charge in [0.2, 0.25) is 0 Å². The smallest absolute Gasteiger partial charge is 0.180 e. The van der Waals surface area contributed by atoms with Gasteiger partial charge in [-0.15, -0.1) is 11.3 Å². The zero-order chi connectivity index (χ0) is 12.5. The quantitative estimate of drug-likeness (QED) is 0.807. The van der Waals surface area contributed by atoms with E-state index in [9.17, 15) is 4.79 Å². The number of thiophene rings is 1. The second kappa shape index (κ2) is 4.85. The number of hydrogen-bond donors (Lipinski definition) is 0. The largest absolute Gasteiger partial charge is 0.293 e. The molecule has 1 aliphatic heterocycles. The maximum atomic E-state index is 12.2. The predicted octanol–water partition coefficient (Wildman–Crippen LogP) is 2.09. The molecule has 94 valence electrons. The molecule has 3 rings (SSSR count). The number of rotatable bonds is 3. The third kappa shape index (κ3) is 2.22. The Hall–Kier alpha value is -1.14. The minimum Gasteiger partial charge on any atom is -0.293 e. The van der Waals surface area contributed by atoms with Crippen LogP contribution in [0.1, 0.15) is 25.9 Å². The van der Waals surface area contributed by atoms with Crippen molar-refractivity contribution in [2.45, 2.75) is 18.6 Å². The van der Waals surface area contributed by atoms with Crippen molar-refractivity contribution in [3.05, 3.63) is 33.5 Å². The van der Waals surface area contributed by atoms with E-state index in [-0.39, 0.29) is 5.78 Å². The number of aryl methyl sites for hydroxylation is 2. The molecule has 0 aromatic carbocycles. The predicted molar refractivity (Wildman–Crippen MR) is 73.2 cm³/mol. The minimum absolute atomic E-state index is 0.149. The second-order valence-electron chi connectivity index (χ2n) is 4.26. The monoisotopic (exact) mass is 279 g/mol. The molecule has 2 aromatic heterocycles. The summed E-state index contributed by atoms with van der Waals surface area (Å²) in [5.74, 6) is 3.09. The van der Waals surface area contributed by atoms with Gasteiger partial charge in [0.1, 0.15) is 12.2 Å². The third-order valence-electron chi connectivity index (χ3n) is 3.03. The Bertz CT molecular complexity index is 564. The van der Waals surface area contributed by atoms with Gasteiger partial charge >= 0.3 is 0 Å². The van der Waals surface area contributed by atoms with E-state index in [0.717, 1.165) is 22.9 Å². The van der Waals surface area contributed by atoms with Crippen LogP contribution in [0.25, 0.3) is 0 Å². The van der Waals surface area contributed by atoms with E-state index < -0.39 is 0 Å². The summed E-state index contributed by atoms with van der Waals surface area (Å²) in [5.41, 5.74) is 1.34. The summed E-state index contributed by atoms with van der Waals surface area (Å²) >= 11 is 3.59. The summed E-state index contributed by atoms with van der Waals surface area (Å²) in [6.07, 6.45) is 2.92. The van der Waals surface area contributed by atoms with Gasteiger partial charge in [-0.2, -0.15) is 16.9 Å². The van der Waals surface area contributed by atoms with Crippen LogP contribution in [-0.2, 0) is 25.6 Å². The molecule has 4 nitrogen and oxygen atoms in total. The molecule has 0 saturated carbocycles. The van der Waals surface area contributed by atoms with Crippen LogP contribution in [0, 0.1) is 0 Å². The molecule has 0 bridgehead atoms. The lowest BCUT2D eigenvalue weighted by Gasteiger charge is -2.08. The highest BCUT2D eigenvalue weighted by atomic mass is 32.2. The molecule has 2 aromatic rings. The van der Waals surface area contributed by atoms with Gasteiger partial charge < -0.3 is 0 Å². The Morgan fingerprint density at radius 3 is 3.17 bits per heavy atom. The fraction of sp³-hybridized carbons (Fsp3) is 0.417. The van der Waals surface area contributed by atoms with Gasteiger partial charge in [-0.25, -0.2) is 4.98 Å². The van der Waals surface area contributed by atoms with Crippen molar-refractivity contribution < 1.29 is 4.79 Å². The van der Waals surface area contributed by atoms with Crippen molar-refractivity contribution in [3.8, 4) is 0 Å². The summed E-state index contributed by atoms with van der Waals surface area (Å²) in [4.78, 5) is 18.5. The maximum Gasteiger partial charge on any atom is 0.180 e. The van der Waals surface area contributed by atoms with Crippen molar-refractivity contribution in [3.63, 3.8) is 0 Å². The summed E-state index contributed by atoms with van der Waals surface area (Å²) in [5, 5.41) is 3.98. The average Bonchev–Trinajstić information content (AvgIpc) is 2.96. The molecular formula is C12H13N3OS2. The number of ketones is 1. The van der Waals surface area contributed by atoms with Crippen molar-refractivity contribution in [1.29, 1.82) is 0 Å². The fourth-order valence-corrected chi connectivity index (χ4v) is 4.31. The maximum absolute atomic E-state index is 12.2. The van der Waals surface area contributed by atoms with Gasteiger partial charge in [0.05, 0.1) is 11.3 Å². The molecule has 0 N–H and O–H groups in total. The van der Waals surface area contributed by atoms with Crippen molar-refractivity contribution in [2.24, 2.45) is 7.05 Å².